The molecule has 4 heterocycles. The largest absolute Gasteiger partial charge is 0.457 e. The van der Waals surface area contributed by atoms with Gasteiger partial charge in [0.05, 0.1) is 17.8 Å². The Morgan fingerprint density at radius 1 is 1.06 bits per heavy atom. The van der Waals surface area contributed by atoms with E-state index in [4.69, 9.17) is 4.74 Å². The number of nitrogens with zero attached hydrogens (tertiary/aromatic N) is 6. The number of aromatic amines is 1. The van der Waals surface area contributed by atoms with Crippen molar-refractivity contribution >= 4 is 18.4 Å². The first-order valence-corrected chi connectivity index (χ1v) is 11.7. The van der Waals surface area contributed by atoms with Crippen LogP contribution in [-0.2, 0) is 11.3 Å². The zero-order valence-corrected chi connectivity index (χ0v) is 21.0. The molecule has 11 nitrogen and oxygen atoms in total. The molecule has 1 fully saturated rings. The predicted molar refractivity (Wildman–Crippen MR) is 132 cm³/mol. The Labute approximate surface area is 214 Å². The van der Waals surface area contributed by atoms with Crippen LogP contribution in [0.15, 0.2) is 24.4 Å². The van der Waals surface area contributed by atoms with E-state index in [2.05, 4.69) is 35.4 Å². The van der Waals surface area contributed by atoms with Gasteiger partial charge in [0.1, 0.15) is 12.3 Å². The van der Waals surface area contributed by atoms with Gasteiger partial charge in [-0.3, -0.25) is 14.8 Å². The number of aryl methyl sites for hydroxylation is 1. The number of tetrazole rings is 1. The number of aliphatic hydroxyl groups excluding tert-OH is 2. The predicted octanol–water partition coefficient (Wildman–Crippen LogP) is 1.36. The van der Waals surface area contributed by atoms with E-state index >= 15 is 0 Å². The van der Waals surface area contributed by atoms with Gasteiger partial charge in [-0.25, -0.2) is 4.79 Å². The average Bonchev–Trinajstić information content (AvgIpc) is 3.51. The number of aliphatic hydroxyl groups is 2. The molecule has 3 aromatic rings. The van der Waals surface area contributed by atoms with Gasteiger partial charge >= 0.3 is 5.97 Å². The maximum Gasteiger partial charge on any atom is 0.338 e. The lowest BCUT2D eigenvalue weighted by Crippen LogP contribution is -2.48. The number of carbonyl (C=O) groups is 1. The van der Waals surface area contributed by atoms with E-state index in [1.54, 1.807) is 12.3 Å². The van der Waals surface area contributed by atoms with Crippen LogP contribution < -0.4 is 0 Å². The van der Waals surface area contributed by atoms with Crippen molar-refractivity contribution in [2.45, 2.75) is 32.7 Å². The number of cyclic esters (lactones) is 1. The van der Waals surface area contributed by atoms with Crippen LogP contribution in [0.1, 0.15) is 50.4 Å². The van der Waals surface area contributed by atoms with Crippen molar-refractivity contribution < 1.29 is 19.7 Å². The lowest BCUT2D eigenvalue weighted by Gasteiger charge is -2.36. The van der Waals surface area contributed by atoms with Crippen molar-refractivity contribution in [3.63, 3.8) is 0 Å². The molecule has 0 aliphatic carbocycles. The smallest absolute Gasteiger partial charge is 0.338 e. The van der Waals surface area contributed by atoms with Crippen LogP contribution in [0.5, 0.6) is 0 Å². The normalized spacial score (nSPS) is 17.8. The third-order valence-corrected chi connectivity index (χ3v) is 6.98. The standard InChI is InChI=1S/C24H29N7O4.ClH/c1-14-9-20(23-26-28-29-27-23)25-10-18(14)22(33)12-31-7-5-30(6-8-31)11-21(32)16-3-4-17-19(15(16)2)13-35-24(17)34;/h3-4,9-10,21-22,32-33H,5-8,11-13H2,1-2H3,(H,26,27,28,29);1H/t21-,22-;/m0./s1. The molecule has 36 heavy (non-hydrogen) atoms. The van der Waals surface area contributed by atoms with Crippen molar-refractivity contribution in [2.24, 2.45) is 0 Å². The number of fused-ring (bicyclic) bond motifs is 1. The fraction of sp³-hybridized carbons (Fsp3) is 0.458. The second-order valence-corrected chi connectivity index (χ2v) is 9.18. The van der Waals surface area contributed by atoms with Crippen LogP contribution >= 0.6 is 12.4 Å². The number of benzene rings is 1. The van der Waals surface area contributed by atoms with E-state index in [1.807, 2.05) is 26.0 Å². The number of piperazine rings is 1. The van der Waals surface area contributed by atoms with Gasteiger partial charge in [-0.2, -0.15) is 5.21 Å². The molecule has 0 unspecified atom stereocenters. The quantitative estimate of drug-likeness (QED) is 0.395. The highest BCUT2D eigenvalue weighted by atomic mass is 35.5. The highest BCUT2D eigenvalue weighted by Crippen LogP contribution is 2.29. The Morgan fingerprint density at radius 3 is 2.33 bits per heavy atom. The first-order chi connectivity index (χ1) is 16.9. The van der Waals surface area contributed by atoms with Gasteiger partial charge in [0, 0.05) is 56.6 Å². The van der Waals surface area contributed by atoms with E-state index in [0.29, 0.717) is 30.2 Å². The second kappa shape index (κ2) is 11.0. The second-order valence-electron chi connectivity index (χ2n) is 9.18. The first-order valence-electron chi connectivity index (χ1n) is 11.7. The van der Waals surface area contributed by atoms with E-state index in [9.17, 15) is 15.0 Å². The topological polar surface area (TPSA) is 141 Å². The number of aromatic nitrogens is 5. The molecular weight excluding hydrogens is 486 g/mol. The molecule has 1 aromatic carbocycles. The number of hydrogen-bond donors (Lipinski definition) is 3. The zero-order chi connectivity index (χ0) is 24.5. The van der Waals surface area contributed by atoms with Crippen LogP contribution in [0.3, 0.4) is 0 Å². The number of ether oxygens (including phenoxy) is 1. The maximum absolute atomic E-state index is 11.8. The fourth-order valence-electron chi connectivity index (χ4n) is 4.88. The van der Waals surface area contributed by atoms with Crippen molar-refractivity contribution in [3.05, 3.63) is 57.8 Å². The van der Waals surface area contributed by atoms with Gasteiger partial charge in [-0.15, -0.1) is 22.6 Å². The highest BCUT2D eigenvalue weighted by Gasteiger charge is 2.27. The van der Waals surface area contributed by atoms with Gasteiger partial charge in [0.25, 0.3) is 0 Å². The van der Waals surface area contributed by atoms with Crippen LogP contribution in [-0.4, -0.2) is 90.9 Å². The summed E-state index contributed by atoms with van der Waals surface area (Å²) < 4.78 is 5.12. The van der Waals surface area contributed by atoms with Gasteiger partial charge in [-0.1, -0.05) is 6.07 Å². The molecule has 0 saturated carbocycles. The lowest BCUT2D eigenvalue weighted by molar-refractivity contribution is 0.0478. The molecule has 0 amide bonds. The molecule has 192 valence electrons. The molecule has 2 atom stereocenters. The number of halogens is 1. The van der Waals surface area contributed by atoms with Gasteiger partial charge in [0.15, 0.2) is 0 Å². The summed E-state index contributed by atoms with van der Waals surface area (Å²) in [6.07, 6.45) is 0.382. The molecule has 12 heteroatoms. The van der Waals surface area contributed by atoms with Crippen LogP contribution in [0.4, 0.5) is 0 Å². The number of pyridine rings is 1. The van der Waals surface area contributed by atoms with Crippen molar-refractivity contribution in [1.29, 1.82) is 0 Å². The minimum Gasteiger partial charge on any atom is -0.457 e. The number of nitrogens with one attached hydrogen (secondary N) is 1. The van der Waals surface area contributed by atoms with Crippen molar-refractivity contribution in [1.82, 2.24) is 35.4 Å². The summed E-state index contributed by atoms with van der Waals surface area (Å²) in [5, 5.41) is 35.6. The van der Waals surface area contributed by atoms with E-state index in [0.717, 1.165) is 54.0 Å². The molecule has 2 aliphatic heterocycles. The van der Waals surface area contributed by atoms with Crippen LogP contribution in [0, 0.1) is 13.8 Å². The summed E-state index contributed by atoms with van der Waals surface area (Å²) in [5.41, 5.74) is 5.55. The third kappa shape index (κ3) is 5.25. The van der Waals surface area contributed by atoms with E-state index in [1.165, 1.54) is 0 Å². The molecule has 5 rings (SSSR count). The van der Waals surface area contributed by atoms with Crippen molar-refractivity contribution in [3.8, 4) is 11.5 Å². The lowest BCUT2D eigenvalue weighted by atomic mass is 9.95. The van der Waals surface area contributed by atoms with Crippen molar-refractivity contribution in [2.75, 3.05) is 39.3 Å². The number of hydrogen-bond acceptors (Lipinski definition) is 10. The fourth-order valence-corrected chi connectivity index (χ4v) is 4.88. The molecular formula is C24H30ClN7O4. The third-order valence-electron chi connectivity index (χ3n) is 6.98. The SMILES string of the molecule is Cc1cc(-c2nn[nH]n2)ncc1[C@@H](O)CN1CCN(C[C@H](O)c2ccc3c(c2C)COC3=O)CC1.Cl. The first kappa shape index (κ1) is 26.1. The number of β-amino-alcohol motifs (C(OH)–C–C–N with tert-alkyl or cyclic N) is 2. The monoisotopic (exact) mass is 515 g/mol. The zero-order valence-electron chi connectivity index (χ0n) is 20.2. The van der Waals surface area contributed by atoms with Gasteiger partial charge < -0.3 is 14.9 Å². The molecule has 0 radical (unpaired) electrons. The number of H-pyrrole nitrogens is 1. The minimum atomic E-state index is -0.655. The van der Waals surface area contributed by atoms with Crippen LogP contribution in [0.25, 0.3) is 11.5 Å². The Hall–Kier alpha value is -2.96. The summed E-state index contributed by atoms with van der Waals surface area (Å²) >= 11 is 0. The summed E-state index contributed by atoms with van der Waals surface area (Å²) in [6, 6.07) is 5.44. The Morgan fingerprint density at radius 2 is 1.72 bits per heavy atom. The van der Waals surface area contributed by atoms with Gasteiger partial charge in [0.2, 0.25) is 5.82 Å². The molecule has 3 N–H and O–H groups in total. The Bertz CT molecular complexity index is 1220. The maximum atomic E-state index is 11.8. The number of esters is 1. The Balaban J connectivity index is 0.00000304. The van der Waals surface area contributed by atoms with E-state index in [-0.39, 0.29) is 25.0 Å². The molecule has 2 aromatic heterocycles. The summed E-state index contributed by atoms with van der Waals surface area (Å²) in [6.45, 7) is 8.36. The molecule has 2 aliphatic rings. The average molecular weight is 516 g/mol. The molecule has 0 bridgehead atoms. The summed E-state index contributed by atoms with van der Waals surface area (Å²) in [4.78, 5) is 20.6. The number of carbonyl (C=O) groups excluding carboxylic acids is 1. The van der Waals surface area contributed by atoms with Crippen LogP contribution in [0.2, 0.25) is 0 Å². The summed E-state index contributed by atoms with van der Waals surface area (Å²) in [5.74, 6) is 0.126. The highest BCUT2D eigenvalue weighted by molar-refractivity contribution is 5.93. The molecule has 0 spiro atoms. The number of rotatable bonds is 7. The minimum absolute atomic E-state index is 0. The Kier molecular flexibility index (Phi) is 7.96. The van der Waals surface area contributed by atoms with Gasteiger partial charge in [-0.05, 0) is 47.9 Å². The summed E-state index contributed by atoms with van der Waals surface area (Å²) in [7, 11) is 0. The molecule has 1 saturated heterocycles. The van der Waals surface area contributed by atoms with E-state index < -0.39 is 12.2 Å².